The summed E-state index contributed by atoms with van der Waals surface area (Å²) in [5.74, 6) is 2.24. The highest BCUT2D eigenvalue weighted by Gasteiger charge is 2.11. The number of ether oxygens (including phenoxy) is 3. The van der Waals surface area contributed by atoms with E-state index in [1.54, 1.807) is 14.2 Å². The largest absolute Gasteiger partial charge is 0.497 e. The average Bonchev–Trinajstić information content (AvgIpc) is 2.72. The molecule has 3 aromatic carbocycles. The van der Waals surface area contributed by atoms with E-state index in [1.165, 1.54) is 5.56 Å². The summed E-state index contributed by atoms with van der Waals surface area (Å²) >= 11 is 2.26. The van der Waals surface area contributed by atoms with Crippen LogP contribution >= 0.6 is 22.6 Å². The molecule has 3 rings (SSSR count). The first-order valence-corrected chi connectivity index (χ1v) is 9.91. The summed E-state index contributed by atoms with van der Waals surface area (Å²) in [5, 5.41) is 0. The Bertz CT molecular complexity index is 951. The molecule has 0 spiro atoms. The topological polar surface area (TPSA) is 40.0 Å². The van der Waals surface area contributed by atoms with Crippen LogP contribution in [0.5, 0.6) is 17.2 Å². The molecule has 4 nitrogen and oxygen atoms in total. The molecule has 0 unspecified atom stereocenters. The van der Waals surface area contributed by atoms with E-state index in [2.05, 4.69) is 58.8 Å². The van der Waals surface area contributed by atoms with E-state index in [9.17, 15) is 0 Å². The molecule has 0 aliphatic heterocycles. The van der Waals surface area contributed by atoms with Crippen molar-refractivity contribution in [3.05, 3.63) is 80.9 Å². The van der Waals surface area contributed by atoms with E-state index in [1.807, 2.05) is 42.6 Å². The van der Waals surface area contributed by atoms with Gasteiger partial charge in [0.15, 0.2) is 11.5 Å². The van der Waals surface area contributed by atoms with Crippen molar-refractivity contribution in [3.63, 3.8) is 0 Å². The lowest BCUT2D eigenvalue weighted by Crippen LogP contribution is -2.00. The van der Waals surface area contributed by atoms with Crippen LogP contribution in [0.15, 0.2) is 65.7 Å². The van der Waals surface area contributed by atoms with Gasteiger partial charge in [0.2, 0.25) is 0 Å². The van der Waals surface area contributed by atoms with E-state index in [0.29, 0.717) is 12.4 Å². The minimum atomic E-state index is 0.492. The molecule has 28 heavy (non-hydrogen) atoms. The molecule has 0 bridgehead atoms. The lowest BCUT2D eigenvalue weighted by atomic mass is 10.1. The number of benzene rings is 3. The number of hydrogen-bond donors (Lipinski definition) is 0. The van der Waals surface area contributed by atoms with E-state index >= 15 is 0 Å². The predicted octanol–water partition coefficient (Wildman–Crippen LogP) is 5.95. The van der Waals surface area contributed by atoms with E-state index < -0.39 is 0 Å². The minimum Gasteiger partial charge on any atom is -0.497 e. The van der Waals surface area contributed by atoms with Gasteiger partial charge in [-0.05, 0) is 77.0 Å². The molecule has 0 fully saturated rings. The fourth-order valence-corrected chi connectivity index (χ4v) is 3.39. The Morgan fingerprint density at radius 1 is 0.929 bits per heavy atom. The number of aliphatic imine (C=N–C) groups is 1. The van der Waals surface area contributed by atoms with Gasteiger partial charge in [-0.25, -0.2) is 0 Å². The van der Waals surface area contributed by atoms with Crippen molar-refractivity contribution >= 4 is 34.5 Å². The van der Waals surface area contributed by atoms with Crippen LogP contribution in [0.25, 0.3) is 0 Å². The van der Waals surface area contributed by atoms with Crippen molar-refractivity contribution in [2.75, 3.05) is 14.2 Å². The maximum Gasteiger partial charge on any atom is 0.174 e. The molecule has 0 aromatic heterocycles. The fraction of sp³-hybridized carbons (Fsp3) is 0.174. The summed E-state index contributed by atoms with van der Waals surface area (Å²) in [6, 6.07) is 19.9. The molecule has 0 amide bonds. The highest BCUT2D eigenvalue weighted by Crippen LogP contribution is 2.34. The van der Waals surface area contributed by atoms with Crippen LogP contribution in [0, 0.1) is 10.5 Å². The highest BCUT2D eigenvalue weighted by molar-refractivity contribution is 14.1. The summed E-state index contributed by atoms with van der Waals surface area (Å²) in [6.45, 7) is 2.56. The molecule has 0 saturated heterocycles. The van der Waals surface area contributed by atoms with Gasteiger partial charge >= 0.3 is 0 Å². The zero-order valence-corrected chi connectivity index (χ0v) is 18.3. The van der Waals surface area contributed by atoms with Gasteiger partial charge in [-0.2, -0.15) is 0 Å². The molecule has 0 radical (unpaired) electrons. The number of rotatable bonds is 7. The SMILES string of the molecule is COc1ccc(N=Cc2cc(I)c(OCc3ccc(C)cc3)c(OC)c2)cc1. The van der Waals surface area contributed by atoms with Crippen LogP contribution < -0.4 is 14.2 Å². The smallest absolute Gasteiger partial charge is 0.174 e. The van der Waals surface area contributed by atoms with Crippen LogP contribution in [0.3, 0.4) is 0 Å². The van der Waals surface area contributed by atoms with Crippen molar-refractivity contribution < 1.29 is 14.2 Å². The Labute approximate surface area is 179 Å². The van der Waals surface area contributed by atoms with Gasteiger partial charge in [-0.1, -0.05) is 29.8 Å². The Balaban J connectivity index is 1.76. The van der Waals surface area contributed by atoms with Gasteiger partial charge in [0.25, 0.3) is 0 Å². The summed E-state index contributed by atoms with van der Waals surface area (Å²) in [7, 11) is 3.30. The van der Waals surface area contributed by atoms with Crippen LogP contribution in [0.2, 0.25) is 0 Å². The van der Waals surface area contributed by atoms with Gasteiger partial charge in [0.1, 0.15) is 12.4 Å². The van der Waals surface area contributed by atoms with E-state index in [-0.39, 0.29) is 0 Å². The maximum absolute atomic E-state index is 6.04. The number of aryl methyl sites for hydroxylation is 1. The Kier molecular flexibility index (Phi) is 6.92. The van der Waals surface area contributed by atoms with Crippen molar-refractivity contribution in [1.29, 1.82) is 0 Å². The molecule has 0 saturated carbocycles. The predicted molar refractivity (Wildman–Crippen MR) is 121 cm³/mol. The van der Waals surface area contributed by atoms with Crippen molar-refractivity contribution in [2.45, 2.75) is 13.5 Å². The van der Waals surface area contributed by atoms with E-state index in [4.69, 9.17) is 14.2 Å². The monoisotopic (exact) mass is 487 g/mol. The van der Waals surface area contributed by atoms with Crippen LogP contribution in [0.1, 0.15) is 16.7 Å². The maximum atomic E-state index is 6.04. The van der Waals surface area contributed by atoms with Crippen molar-refractivity contribution in [2.24, 2.45) is 4.99 Å². The zero-order valence-electron chi connectivity index (χ0n) is 16.1. The third kappa shape index (κ3) is 5.25. The number of nitrogens with zero attached hydrogens (tertiary/aromatic N) is 1. The average molecular weight is 487 g/mol. The standard InChI is InChI=1S/C23H22INO3/c1-16-4-6-17(7-5-16)15-28-23-21(24)12-18(13-22(23)27-3)14-25-19-8-10-20(26-2)11-9-19/h4-14H,15H2,1-3H3. The molecule has 0 aliphatic rings. The Morgan fingerprint density at radius 3 is 2.29 bits per heavy atom. The van der Waals surface area contributed by atoms with Crippen LogP contribution in [0.4, 0.5) is 5.69 Å². The molecule has 0 N–H and O–H groups in total. The summed E-state index contributed by atoms with van der Waals surface area (Å²) in [5.41, 5.74) is 4.15. The summed E-state index contributed by atoms with van der Waals surface area (Å²) < 4.78 is 17.7. The van der Waals surface area contributed by atoms with Gasteiger partial charge < -0.3 is 14.2 Å². The minimum absolute atomic E-state index is 0.492. The molecule has 5 heteroatoms. The zero-order chi connectivity index (χ0) is 19.9. The lowest BCUT2D eigenvalue weighted by Gasteiger charge is -2.13. The van der Waals surface area contributed by atoms with Crippen LogP contribution in [-0.4, -0.2) is 20.4 Å². The molecule has 0 aliphatic carbocycles. The second-order valence-corrected chi connectivity index (χ2v) is 7.43. The summed E-state index contributed by atoms with van der Waals surface area (Å²) in [4.78, 5) is 4.52. The summed E-state index contributed by atoms with van der Waals surface area (Å²) in [6.07, 6.45) is 1.82. The third-order valence-corrected chi connectivity index (χ3v) is 4.99. The first-order valence-electron chi connectivity index (χ1n) is 8.83. The first kappa shape index (κ1) is 20.2. The quantitative estimate of drug-likeness (QED) is 0.306. The molecule has 0 heterocycles. The molecule has 0 atom stereocenters. The lowest BCUT2D eigenvalue weighted by molar-refractivity contribution is 0.282. The van der Waals surface area contributed by atoms with Crippen molar-refractivity contribution in [3.8, 4) is 17.2 Å². The van der Waals surface area contributed by atoms with Gasteiger partial charge in [-0.3, -0.25) is 4.99 Å². The Hall–Kier alpha value is -2.54. The second-order valence-electron chi connectivity index (χ2n) is 6.26. The molecular formula is C23H22INO3. The third-order valence-electron chi connectivity index (χ3n) is 4.19. The number of hydrogen-bond acceptors (Lipinski definition) is 4. The van der Waals surface area contributed by atoms with Gasteiger partial charge in [0, 0.05) is 6.21 Å². The van der Waals surface area contributed by atoms with E-state index in [0.717, 1.165) is 31.9 Å². The second kappa shape index (κ2) is 9.59. The van der Waals surface area contributed by atoms with Crippen molar-refractivity contribution in [1.82, 2.24) is 0 Å². The van der Waals surface area contributed by atoms with Gasteiger partial charge in [-0.15, -0.1) is 0 Å². The molecule has 3 aromatic rings. The van der Waals surface area contributed by atoms with Crippen LogP contribution in [-0.2, 0) is 6.61 Å². The van der Waals surface area contributed by atoms with Gasteiger partial charge in [0.05, 0.1) is 23.5 Å². The molecular weight excluding hydrogens is 465 g/mol. The number of methoxy groups -OCH3 is 2. The Morgan fingerprint density at radius 2 is 1.64 bits per heavy atom. The normalized spacial score (nSPS) is 10.9. The molecule has 144 valence electrons. The first-order chi connectivity index (χ1) is 13.6. The highest BCUT2D eigenvalue weighted by atomic mass is 127. The number of halogens is 1. The fourth-order valence-electron chi connectivity index (χ4n) is 2.61.